The van der Waals surface area contributed by atoms with Gasteiger partial charge in [0.2, 0.25) is 0 Å². The Morgan fingerprint density at radius 2 is 1.83 bits per heavy atom. The van der Waals surface area contributed by atoms with Crippen LogP contribution < -0.4 is 10.1 Å². The van der Waals surface area contributed by atoms with Crippen molar-refractivity contribution < 1.29 is 14.6 Å². The summed E-state index contributed by atoms with van der Waals surface area (Å²) in [6.07, 6.45) is 0. The van der Waals surface area contributed by atoms with E-state index in [0.29, 0.717) is 11.4 Å². The molecule has 0 bridgehead atoms. The van der Waals surface area contributed by atoms with Gasteiger partial charge in [0.05, 0.1) is 6.61 Å². The highest BCUT2D eigenvalue weighted by molar-refractivity contribution is 5.92. The third kappa shape index (κ3) is 3.73. The first kappa shape index (κ1) is 16.0. The molecule has 1 amide bonds. The fraction of sp³-hybridized carbons (Fsp3) is 0.150. The van der Waals surface area contributed by atoms with Crippen LogP contribution in [0.25, 0.3) is 10.8 Å². The summed E-state index contributed by atoms with van der Waals surface area (Å²) in [6.45, 7) is 1.78. The first-order valence-corrected chi connectivity index (χ1v) is 7.77. The lowest BCUT2D eigenvalue weighted by molar-refractivity contribution is -0.118. The van der Waals surface area contributed by atoms with E-state index in [0.717, 1.165) is 21.9 Å². The summed E-state index contributed by atoms with van der Waals surface area (Å²) in [6, 6.07) is 19.2. The number of benzene rings is 3. The largest absolute Gasteiger partial charge is 0.484 e. The normalized spacial score (nSPS) is 10.6. The van der Waals surface area contributed by atoms with Crippen molar-refractivity contribution in [2.75, 3.05) is 11.9 Å². The van der Waals surface area contributed by atoms with Crippen LogP contribution in [0.15, 0.2) is 60.7 Å². The van der Waals surface area contributed by atoms with Crippen molar-refractivity contribution in [1.82, 2.24) is 0 Å². The Balaban J connectivity index is 1.64. The number of nitrogens with one attached hydrogen (secondary N) is 1. The van der Waals surface area contributed by atoms with Crippen molar-refractivity contribution in [3.05, 3.63) is 71.8 Å². The second kappa shape index (κ2) is 7.15. The molecule has 0 saturated carbocycles. The zero-order chi connectivity index (χ0) is 16.9. The SMILES string of the molecule is Cc1ccc(CO)cc1NC(=O)COc1ccc2ccccc2c1. The second-order valence-electron chi connectivity index (χ2n) is 5.65. The van der Waals surface area contributed by atoms with Gasteiger partial charge in [0.1, 0.15) is 5.75 Å². The topological polar surface area (TPSA) is 58.6 Å². The molecule has 2 N–H and O–H groups in total. The highest BCUT2D eigenvalue weighted by atomic mass is 16.5. The Kier molecular flexibility index (Phi) is 4.77. The van der Waals surface area contributed by atoms with Crippen LogP contribution in [0.3, 0.4) is 0 Å². The van der Waals surface area contributed by atoms with E-state index < -0.39 is 0 Å². The summed E-state index contributed by atoms with van der Waals surface area (Å²) in [4.78, 5) is 12.1. The highest BCUT2D eigenvalue weighted by Gasteiger charge is 2.07. The Bertz CT molecular complexity index is 874. The van der Waals surface area contributed by atoms with Gasteiger partial charge < -0.3 is 15.2 Å². The molecule has 0 aliphatic rings. The van der Waals surface area contributed by atoms with Crippen molar-refractivity contribution in [3.8, 4) is 5.75 Å². The van der Waals surface area contributed by atoms with Crippen LogP contribution in [0.5, 0.6) is 5.75 Å². The minimum atomic E-state index is -0.235. The number of amides is 1. The maximum absolute atomic E-state index is 12.1. The summed E-state index contributed by atoms with van der Waals surface area (Å²) in [5.41, 5.74) is 2.38. The van der Waals surface area contributed by atoms with E-state index in [1.807, 2.05) is 61.5 Å². The molecule has 0 saturated heterocycles. The molecule has 4 heteroatoms. The minimum Gasteiger partial charge on any atom is -0.484 e. The Morgan fingerprint density at radius 3 is 2.62 bits per heavy atom. The van der Waals surface area contributed by atoms with Gasteiger partial charge in [-0.2, -0.15) is 0 Å². The van der Waals surface area contributed by atoms with Crippen LogP contribution in [-0.2, 0) is 11.4 Å². The molecule has 3 rings (SSSR count). The first-order chi connectivity index (χ1) is 11.7. The van der Waals surface area contributed by atoms with Crippen molar-refractivity contribution >= 4 is 22.4 Å². The molecule has 0 fully saturated rings. The number of aliphatic hydroxyl groups excluding tert-OH is 1. The van der Waals surface area contributed by atoms with Crippen LogP contribution in [0, 0.1) is 6.92 Å². The third-order valence-electron chi connectivity index (χ3n) is 3.85. The number of anilines is 1. The quantitative estimate of drug-likeness (QED) is 0.754. The van der Waals surface area contributed by atoms with Crippen LogP contribution in [-0.4, -0.2) is 17.6 Å². The van der Waals surface area contributed by atoms with E-state index in [4.69, 9.17) is 4.74 Å². The Morgan fingerprint density at radius 1 is 1.04 bits per heavy atom. The van der Waals surface area contributed by atoms with E-state index in [9.17, 15) is 9.90 Å². The maximum Gasteiger partial charge on any atom is 0.262 e. The first-order valence-electron chi connectivity index (χ1n) is 7.77. The van der Waals surface area contributed by atoms with Crippen molar-refractivity contribution in [2.24, 2.45) is 0 Å². The zero-order valence-electron chi connectivity index (χ0n) is 13.5. The van der Waals surface area contributed by atoms with Crippen molar-refractivity contribution in [1.29, 1.82) is 0 Å². The number of aliphatic hydroxyl groups is 1. The van der Waals surface area contributed by atoms with Gasteiger partial charge in [0, 0.05) is 5.69 Å². The van der Waals surface area contributed by atoms with Gasteiger partial charge in [-0.15, -0.1) is 0 Å². The molecule has 0 spiro atoms. The number of ether oxygens (including phenoxy) is 1. The van der Waals surface area contributed by atoms with E-state index in [2.05, 4.69) is 5.32 Å². The number of hydrogen-bond acceptors (Lipinski definition) is 3. The van der Waals surface area contributed by atoms with Crippen LogP contribution in [0.4, 0.5) is 5.69 Å². The summed E-state index contributed by atoms with van der Waals surface area (Å²) in [5, 5.41) is 14.2. The molecular weight excluding hydrogens is 302 g/mol. The van der Waals surface area contributed by atoms with Gasteiger partial charge in [-0.05, 0) is 47.0 Å². The number of carbonyl (C=O) groups is 1. The molecule has 0 atom stereocenters. The van der Waals surface area contributed by atoms with E-state index >= 15 is 0 Å². The fourth-order valence-electron chi connectivity index (χ4n) is 2.49. The summed E-state index contributed by atoms with van der Waals surface area (Å²) in [5.74, 6) is 0.422. The second-order valence-corrected chi connectivity index (χ2v) is 5.65. The molecule has 0 aliphatic heterocycles. The van der Waals surface area contributed by atoms with E-state index in [-0.39, 0.29) is 19.1 Å². The lowest BCUT2D eigenvalue weighted by Gasteiger charge is -2.11. The molecule has 24 heavy (non-hydrogen) atoms. The van der Waals surface area contributed by atoms with E-state index in [1.165, 1.54) is 0 Å². The summed E-state index contributed by atoms with van der Waals surface area (Å²) < 4.78 is 5.58. The molecule has 0 radical (unpaired) electrons. The Labute approximate surface area is 140 Å². The van der Waals surface area contributed by atoms with Gasteiger partial charge in [0.25, 0.3) is 5.91 Å². The highest BCUT2D eigenvalue weighted by Crippen LogP contribution is 2.21. The molecule has 3 aromatic rings. The molecule has 0 heterocycles. The van der Waals surface area contributed by atoms with Crippen LogP contribution in [0.2, 0.25) is 0 Å². The van der Waals surface area contributed by atoms with Gasteiger partial charge in [-0.1, -0.05) is 42.5 Å². The molecule has 4 nitrogen and oxygen atoms in total. The molecule has 3 aromatic carbocycles. The monoisotopic (exact) mass is 321 g/mol. The Hall–Kier alpha value is -2.85. The molecule has 0 aromatic heterocycles. The van der Waals surface area contributed by atoms with Gasteiger partial charge in [-0.3, -0.25) is 4.79 Å². The number of aryl methyl sites for hydroxylation is 1. The molecule has 0 unspecified atom stereocenters. The number of hydrogen-bond donors (Lipinski definition) is 2. The smallest absolute Gasteiger partial charge is 0.262 e. The predicted octanol–water partition coefficient (Wildman–Crippen LogP) is 3.66. The maximum atomic E-state index is 12.1. The third-order valence-corrected chi connectivity index (χ3v) is 3.85. The van der Waals surface area contributed by atoms with Crippen LogP contribution in [0.1, 0.15) is 11.1 Å². The van der Waals surface area contributed by atoms with Crippen LogP contribution >= 0.6 is 0 Å². The average molecular weight is 321 g/mol. The predicted molar refractivity (Wildman–Crippen MR) is 95.2 cm³/mol. The summed E-state index contributed by atoms with van der Waals surface area (Å²) >= 11 is 0. The van der Waals surface area contributed by atoms with Gasteiger partial charge >= 0.3 is 0 Å². The van der Waals surface area contributed by atoms with E-state index in [1.54, 1.807) is 6.07 Å². The molecule has 122 valence electrons. The number of carbonyl (C=O) groups excluding carboxylic acids is 1. The zero-order valence-corrected chi connectivity index (χ0v) is 13.5. The lowest BCUT2D eigenvalue weighted by Crippen LogP contribution is -2.20. The van der Waals surface area contributed by atoms with Crippen molar-refractivity contribution in [3.63, 3.8) is 0 Å². The van der Waals surface area contributed by atoms with Gasteiger partial charge in [-0.25, -0.2) is 0 Å². The minimum absolute atomic E-state index is 0.0588. The number of rotatable bonds is 5. The molecular formula is C20H19NO3. The van der Waals surface area contributed by atoms with Crippen molar-refractivity contribution in [2.45, 2.75) is 13.5 Å². The summed E-state index contributed by atoms with van der Waals surface area (Å²) in [7, 11) is 0. The fourth-order valence-corrected chi connectivity index (χ4v) is 2.49. The van der Waals surface area contributed by atoms with Gasteiger partial charge in [0.15, 0.2) is 6.61 Å². The lowest BCUT2D eigenvalue weighted by atomic mass is 10.1. The standard InChI is InChI=1S/C20H19NO3/c1-14-6-7-15(12-22)10-19(14)21-20(23)13-24-18-9-8-16-4-2-3-5-17(16)11-18/h2-11,22H,12-13H2,1H3,(H,21,23). The molecule has 0 aliphatic carbocycles. The number of fused-ring (bicyclic) bond motifs is 1. The average Bonchev–Trinajstić information content (AvgIpc) is 2.61.